The predicted molar refractivity (Wildman–Crippen MR) is 124 cm³/mol. The number of rotatable bonds is 6. The number of hydrogen-bond acceptors (Lipinski definition) is 3. The van der Waals surface area contributed by atoms with Gasteiger partial charge in [0.05, 0.1) is 18.6 Å². The van der Waals surface area contributed by atoms with Crippen LogP contribution in [0.2, 0.25) is 0 Å². The van der Waals surface area contributed by atoms with Gasteiger partial charge in [-0.3, -0.25) is 9.48 Å². The lowest BCUT2D eigenvalue weighted by atomic mass is 10.1. The molecule has 0 aliphatic carbocycles. The molecule has 0 bridgehead atoms. The lowest BCUT2D eigenvalue weighted by Gasteiger charge is -2.11. The van der Waals surface area contributed by atoms with Gasteiger partial charge in [-0.25, -0.2) is 9.37 Å². The standard InChI is InChI=1S/C25H24FN5O/c1-17-22(18(2)30(3)29-17)13-14-23(32)28-25-24(20-9-11-21(26)12-10-20)27-16-31(25)15-19-7-5-4-6-8-19/h4-14,16H,15H2,1-3H3,(H,28,32)/b14-13+. The van der Waals surface area contributed by atoms with Crippen molar-refractivity contribution in [3.05, 3.63) is 95.3 Å². The van der Waals surface area contributed by atoms with E-state index in [4.69, 9.17) is 0 Å². The summed E-state index contributed by atoms with van der Waals surface area (Å²) in [5.74, 6) is -0.0613. The fraction of sp³-hybridized carbons (Fsp3) is 0.160. The van der Waals surface area contributed by atoms with E-state index in [1.165, 1.54) is 18.2 Å². The second kappa shape index (κ2) is 9.01. The van der Waals surface area contributed by atoms with Gasteiger partial charge in [-0.05, 0) is 49.8 Å². The lowest BCUT2D eigenvalue weighted by Crippen LogP contribution is -2.13. The molecule has 2 aromatic carbocycles. The Bertz CT molecular complexity index is 1270. The maximum atomic E-state index is 13.4. The Morgan fingerprint density at radius 3 is 2.47 bits per heavy atom. The molecule has 0 atom stereocenters. The first-order chi connectivity index (χ1) is 15.4. The molecule has 4 rings (SSSR count). The van der Waals surface area contributed by atoms with Crippen molar-refractivity contribution in [1.29, 1.82) is 0 Å². The summed E-state index contributed by atoms with van der Waals surface area (Å²) in [6.45, 7) is 4.40. The van der Waals surface area contributed by atoms with E-state index >= 15 is 0 Å². The fourth-order valence-electron chi connectivity index (χ4n) is 3.58. The van der Waals surface area contributed by atoms with Crippen molar-refractivity contribution in [3.63, 3.8) is 0 Å². The van der Waals surface area contributed by atoms with Crippen molar-refractivity contribution in [3.8, 4) is 11.3 Å². The van der Waals surface area contributed by atoms with E-state index in [1.54, 1.807) is 29.2 Å². The molecule has 0 spiro atoms. The third kappa shape index (κ3) is 4.51. The summed E-state index contributed by atoms with van der Waals surface area (Å²) in [6.07, 6.45) is 4.94. The van der Waals surface area contributed by atoms with E-state index in [0.717, 1.165) is 28.1 Å². The van der Waals surface area contributed by atoms with E-state index in [2.05, 4.69) is 15.4 Å². The summed E-state index contributed by atoms with van der Waals surface area (Å²) >= 11 is 0. The van der Waals surface area contributed by atoms with Crippen molar-refractivity contribution in [2.45, 2.75) is 20.4 Å². The van der Waals surface area contributed by atoms with Crippen LogP contribution in [-0.2, 0) is 18.4 Å². The average molecular weight is 429 g/mol. The predicted octanol–water partition coefficient (Wildman–Crippen LogP) is 4.74. The van der Waals surface area contributed by atoms with Crippen LogP contribution in [0, 0.1) is 19.7 Å². The summed E-state index contributed by atoms with van der Waals surface area (Å²) in [4.78, 5) is 17.3. The zero-order chi connectivity index (χ0) is 22.7. The number of halogens is 1. The molecule has 0 fully saturated rings. The molecule has 32 heavy (non-hydrogen) atoms. The summed E-state index contributed by atoms with van der Waals surface area (Å²) in [6, 6.07) is 16.0. The molecule has 4 aromatic rings. The number of imidazole rings is 1. The van der Waals surface area contributed by atoms with Gasteiger partial charge in [-0.15, -0.1) is 0 Å². The highest BCUT2D eigenvalue weighted by molar-refractivity contribution is 6.03. The first-order valence-electron chi connectivity index (χ1n) is 10.3. The highest BCUT2D eigenvalue weighted by atomic mass is 19.1. The molecule has 2 aromatic heterocycles. The maximum absolute atomic E-state index is 13.4. The number of nitrogens with zero attached hydrogens (tertiary/aromatic N) is 4. The molecule has 0 aliphatic rings. The van der Waals surface area contributed by atoms with E-state index < -0.39 is 0 Å². The molecule has 7 heteroatoms. The van der Waals surface area contributed by atoms with Crippen LogP contribution in [0.25, 0.3) is 17.3 Å². The number of carbonyl (C=O) groups is 1. The normalized spacial score (nSPS) is 11.2. The summed E-state index contributed by atoms with van der Waals surface area (Å²) in [7, 11) is 1.87. The number of nitrogens with one attached hydrogen (secondary N) is 1. The Kier molecular flexibility index (Phi) is 5.98. The quantitative estimate of drug-likeness (QED) is 0.450. The van der Waals surface area contributed by atoms with Gasteiger partial charge in [0.25, 0.3) is 0 Å². The van der Waals surface area contributed by atoms with Gasteiger partial charge in [0.15, 0.2) is 0 Å². The first-order valence-corrected chi connectivity index (χ1v) is 10.3. The Balaban J connectivity index is 1.65. The van der Waals surface area contributed by atoms with Crippen molar-refractivity contribution >= 4 is 17.8 Å². The summed E-state index contributed by atoms with van der Waals surface area (Å²) in [5, 5.41) is 7.34. The Labute approximate surface area is 186 Å². The van der Waals surface area contributed by atoms with Crippen LogP contribution < -0.4 is 5.32 Å². The van der Waals surface area contributed by atoms with Gasteiger partial charge < -0.3 is 9.88 Å². The van der Waals surface area contributed by atoms with E-state index in [1.807, 2.05) is 55.8 Å². The maximum Gasteiger partial charge on any atom is 0.249 e. The Hall–Kier alpha value is -4.00. The zero-order valence-electron chi connectivity index (χ0n) is 18.2. The van der Waals surface area contributed by atoms with Gasteiger partial charge in [-0.2, -0.15) is 5.10 Å². The first kappa shape index (κ1) is 21.2. The summed E-state index contributed by atoms with van der Waals surface area (Å²) in [5.41, 5.74) is 5.12. The van der Waals surface area contributed by atoms with Gasteiger partial charge >= 0.3 is 0 Å². The molecular weight excluding hydrogens is 405 g/mol. The average Bonchev–Trinajstić information content (AvgIpc) is 3.27. The molecule has 0 saturated carbocycles. The number of anilines is 1. The van der Waals surface area contributed by atoms with E-state index in [-0.39, 0.29) is 11.7 Å². The van der Waals surface area contributed by atoms with Gasteiger partial charge in [0, 0.05) is 29.9 Å². The molecule has 162 valence electrons. The highest BCUT2D eigenvalue weighted by Crippen LogP contribution is 2.28. The third-order valence-corrected chi connectivity index (χ3v) is 5.36. The van der Waals surface area contributed by atoms with Gasteiger partial charge in [-0.1, -0.05) is 30.3 Å². The molecule has 0 unspecified atom stereocenters. The van der Waals surface area contributed by atoms with Crippen molar-refractivity contribution in [2.75, 3.05) is 5.32 Å². The van der Waals surface area contributed by atoms with Crippen LogP contribution in [0.3, 0.4) is 0 Å². The van der Waals surface area contributed by atoms with Crippen LogP contribution >= 0.6 is 0 Å². The number of benzene rings is 2. The van der Waals surface area contributed by atoms with Crippen LogP contribution in [-0.4, -0.2) is 25.2 Å². The monoisotopic (exact) mass is 429 g/mol. The topological polar surface area (TPSA) is 64.7 Å². The molecule has 0 aliphatic heterocycles. The minimum Gasteiger partial charge on any atom is -0.312 e. The van der Waals surface area contributed by atoms with E-state index in [9.17, 15) is 9.18 Å². The number of amides is 1. The number of aromatic nitrogens is 4. The number of aryl methyl sites for hydroxylation is 2. The molecule has 1 N–H and O–H groups in total. The Morgan fingerprint density at radius 2 is 1.81 bits per heavy atom. The lowest BCUT2D eigenvalue weighted by molar-refractivity contribution is -0.111. The zero-order valence-corrected chi connectivity index (χ0v) is 18.2. The highest BCUT2D eigenvalue weighted by Gasteiger charge is 2.16. The van der Waals surface area contributed by atoms with Crippen molar-refractivity contribution in [1.82, 2.24) is 19.3 Å². The smallest absolute Gasteiger partial charge is 0.249 e. The molecule has 6 nitrogen and oxygen atoms in total. The minimum atomic E-state index is -0.326. The Morgan fingerprint density at radius 1 is 1.09 bits per heavy atom. The SMILES string of the molecule is Cc1nn(C)c(C)c1/C=C/C(=O)Nc1c(-c2ccc(F)cc2)ncn1Cc1ccccc1. The van der Waals surface area contributed by atoms with Crippen molar-refractivity contribution in [2.24, 2.45) is 7.05 Å². The molecule has 0 radical (unpaired) electrons. The van der Waals surface area contributed by atoms with Crippen LogP contribution in [0.5, 0.6) is 0 Å². The molecule has 1 amide bonds. The number of hydrogen-bond donors (Lipinski definition) is 1. The molecular formula is C25H24FN5O. The van der Waals surface area contributed by atoms with Crippen molar-refractivity contribution < 1.29 is 9.18 Å². The molecule has 0 saturated heterocycles. The second-order valence-corrected chi connectivity index (χ2v) is 7.59. The van der Waals surface area contributed by atoms with Crippen LogP contribution in [0.15, 0.2) is 67.0 Å². The van der Waals surface area contributed by atoms with Crippen LogP contribution in [0.1, 0.15) is 22.5 Å². The van der Waals surface area contributed by atoms with Crippen LogP contribution in [0.4, 0.5) is 10.2 Å². The largest absolute Gasteiger partial charge is 0.312 e. The van der Waals surface area contributed by atoms with Gasteiger partial charge in [0.2, 0.25) is 5.91 Å². The minimum absolute atomic E-state index is 0.286. The van der Waals surface area contributed by atoms with Gasteiger partial charge in [0.1, 0.15) is 17.3 Å². The second-order valence-electron chi connectivity index (χ2n) is 7.59. The van der Waals surface area contributed by atoms with E-state index in [0.29, 0.717) is 18.1 Å². The number of carbonyl (C=O) groups excluding carboxylic acids is 1. The third-order valence-electron chi connectivity index (χ3n) is 5.36. The molecule has 2 heterocycles. The summed E-state index contributed by atoms with van der Waals surface area (Å²) < 4.78 is 17.1. The fourth-order valence-corrected chi connectivity index (χ4v) is 3.58.